The molecule has 1 nitrogen and oxygen atoms in total. The number of rotatable bonds is 2. The van der Waals surface area contributed by atoms with Crippen LogP contribution in [0.25, 0.3) is 0 Å². The third-order valence-electron chi connectivity index (χ3n) is 2.48. The summed E-state index contributed by atoms with van der Waals surface area (Å²) in [6.07, 6.45) is 6.01. The Morgan fingerprint density at radius 1 is 1.31 bits per heavy atom. The minimum atomic E-state index is 0.0665. The zero-order valence-electron chi connectivity index (χ0n) is 8.35. The van der Waals surface area contributed by atoms with Crippen LogP contribution in [0.3, 0.4) is 0 Å². The maximum atomic E-state index is 11.7. The van der Waals surface area contributed by atoms with Crippen molar-refractivity contribution in [2.45, 2.75) is 44.9 Å². The van der Waals surface area contributed by atoms with Gasteiger partial charge in [0, 0.05) is 11.3 Å². The Morgan fingerprint density at radius 2 is 1.92 bits per heavy atom. The quantitative estimate of drug-likeness (QED) is 0.494. The fourth-order valence-corrected chi connectivity index (χ4v) is 2.20. The largest absolute Gasteiger partial charge is 0.294 e. The monoisotopic (exact) mass is 200 g/mol. The molecule has 0 bridgehead atoms. The molecular weight excluding hydrogens is 184 g/mol. The van der Waals surface area contributed by atoms with Gasteiger partial charge in [0.1, 0.15) is 0 Å². The fraction of sp³-hybridized carbons (Fsp3) is 0.727. The molecule has 2 heteroatoms. The zero-order valence-corrected chi connectivity index (χ0v) is 9.10. The number of hydrogen-bond acceptors (Lipinski definition) is 1. The van der Waals surface area contributed by atoms with Crippen LogP contribution in [0.1, 0.15) is 39.5 Å². The number of ketones is 1. The number of carbonyl (C=O) groups excluding carboxylic acids is 1. The zero-order chi connectivity index (χ0) is 9.84. The van der Waals surface area contributed by atoms with Crippen molar-refractivity contribution in [2.75, 3.05) is 0 Å². The minimum Gasteiger partial charge on any atom is -0.294 e. The van der Waals surface area contributed by atoms with Crippen LogP contribution in [-0.4, -0.2) is 11.2 Å². The van der Waals surface area contributed by atoms with Crippen LogP contribution in [0, 0.1) is 5.92 Å². The average molecular weight is 201 g/mol. The minimum absolute atomic E-state index is 0.0665. The maximum Gasteiger partial charge on any atom is 0.160 e. The molecule has 13 heavy (non-hydrogen) atoms. The first kappa shape index (κ1) is 10.8. The Hall–Kier alpha value is -0.300. The normalized spacial score (nSPS) is 28.2. The molecule has 0 heterocycles. The van der Waals surface area contributed by atoms with Crippen LogP contribution in [0.4, 0.5) is 0 Å². The van der Waals surface area contributed by atoms with Gasteiger partial charge in [0.05, 0.1) is 0 Å². The van der Waals surface area contributed by atoms with Gasteiger partial charge in [-0.3, -0.25) is 4.79 Å². The van der Waals surface area contributed by atoms with E-state index in [0.29, 0.717) is 0 Å². The van der Waals surface area contributed by atoms with Crippen LogP contribution in [-0.2, 0) is 4.79 Å². The highest BCUT2D eigenvalue weighted by atomic mass is 35.5. The van der Waals surface area contributed by atoms with E-state index >= 15 is 0 Å². The predicted molar refractivity (Wildman–Crippen MR) is 56.0 cm³/mol. The summed E-state index contributed by atoms with van der Waals surface area (Å²) >= 11 is 6.11. The molecule has 1 rings (SSSR count). The lowest BCUT2D eigenvalue weighted by atomic mass is 9.85. The molecule has 0 saturated heterocycles. The molecule has 0 N–H and O–H groups in total. The first-order chi connectivity index (χ1) is 6.11. The number of alkyl halides is 1. The second kappa shape index (κ2) is 4.80. The van der Waals surface area contributed by atoms with Crippen molar-refractivity contribution >= 4 is 17.4 Å². The summed E-state index contributed by atoms with van der Waals surface area (Å²) in [6, 6.07) is 0. The summed E-state index contributed by atoms with van der Waals surface area (Å²) in [4.78, 5) is 11.7. The van der Waals surface area contributed by atoms with Crippen molar-refractivity contribution in [2.24, 2.45) is 5.92 Å². The van der Waals surface area contributed by atoms with E-state index < -0.39 is 0 Å². The van der Waals surface area contributed by atoms with Crippen LogP contribution < -0.4 is 0 Å². The molecule has 1 fully saturated rings. The van der Waals surface area contributed by atoms with Crippen LogP contribution in [0.15, 0.2) is 11.6 Å². The lowest BCUT2D eigenvalue weighted by molar-refractivity contribution is -0.118. The van der Waals surface area contributed by atoms with Crippen molar-refractivity contribution in [3.63, 3.8) is 0 Å². The number of halogens is 1. The lowest BCUT2D eigenvalue weighted by Gasteiger charge is -2.24. The molecule has 0 aromatic carbocycles. The lowest BCUT2D eigenvalue weighted by Crippen LogP contribution is -2.26. The van der Waals surface area contributed by atoms with E-state index in [9.17, 15) is 4.79 Å². The van der Waals surface area contributed by atoms with E-state index in [1.807, 2.05) is 13.8 Å². The first-order valence-corrected chi connectivity index (χ1v) is 5.37. The van der Waals surface area contributed by atoms with E-state index in [-0.39, 0.29) is 17.1 Å². The Kier molecular flexibility index (Phi) is 3.98. The molecule has 2 atom stereocenters. The van der Waals surface area contributed by atoms with Gasteiger partial charge in [-0.2, -0.15) is 0 Å². The topological polar surface area (TPSA) is 17.1 Å². The number of allylic oxidation sites excluding steroid dienone is 2. The summed E-state index contributed by atoms with van der Waals surface area (Å²) in [5.74, 6) is 0.296. The third kappa shape index (κ3) is 3.15. The highest BCUT2D eigenvalue weighted by Gasteiger charge is 2.27. The smallest absolute Gasteiger partial charge is 0.160 e. The second-order valence-corrected chi connectivity index (χ2v) is 4.59. The highest BCUT2D eigenvalue weighted by Crippen LogP contribution is 2.29. The predicted octanol–water partition coefficient (Wildman–Crippen LogP) is 3.32. The molecule has 0 aromatic rings. The molecule has 1 aliphatic rings. The van der Waals surface area contributed by atoms with Gasteiger partial charge in [-0.15, -0.1) is 11.6 Å². The van der Waals surface area contributed by atoms with E-state index in [4.69, 9.17) is 11.6 Å². The summed E-state index contributed by atoms with van der Waals surface area (Å²) in [5, 5.41) is 0.0665. The van der Waals surface area contributed by atoms with Gasteiger partial charge in [-0.25, -0.2) is 0 Å². The van der Waals surface area contributed by atoms with Gasteiger partial charge in [-0.05, 0) is 32.8 Å². The maximum absolute atomic E-state index is 11.7. The van der Waals surface area contributed by atoms with E-state index in [1.54, 1.807) is 6.08 Å². The molecule has 74 valence electrons. The highest BCUT2D eigenvalue weighted by molar-refractivity contribution is 6.22. The van der Waals surface area contributed by atoms with Crippen molar-refractivity contribution < 1.29 is 4.79 Å². The second-order valence-electron chi connectivity index (χ2n) is 4.03. The Balaban J connectivity index is 2.59. The van der Waals surface area contributed by atoms with Gasteiger partial charge in [0.25, 0.3) is 0 Å². The summed E-state index contributed by atoms with van der Waals surface area (Å²) in [7, 11) is 0. The van der Waals surface area contributed by atoms with Crippen molar-refractivity contribution in [1.82, 2.24) is 0 Å². The Labute approximate surface area is 85.2 Å². The van der Waals surface area contributed by atoms with E-state index in [0.717, 1.165) is 24.8 Å². The van der Waals surface area contributed by atoms with Crippen molar-refractivity contribution in [1.29, 1.82) is 0 Å². The molecule has 0 aromatic heterocycles. The van der Waals surface area contributed by atoms with E-state index in [1.165, 1.54) is 6.42 Å². The molecule has 0 amide bonds. The van der Waals surface area contributed by atoms with Gasteiger partial charge in [0.15, 0.2) is 5.78 Å². The van der Waals surface area contributed by atoms with Gasteiger partial charge in [-0.1, -0.05) is 18.4 Å². The Morgan fingerprint density at radius 3 is 2.46 bits per heavy atom. The van der Waals surface area contributed by atoms with Crippen LogP contribution in [0.2, 0.25) is 0 Å². The van der Waals surface area contributed by atoms with Crippen molar-refractivity contribution in [3.05, 3.63) is 11.6 Å². The van der Waals surface area contributed by atoms with E-state index in [2.05, 4.69) is 0 Å². The summed E-state index contributed by atoms with van der Waals surface area (Å²) in [5.41, 5.74) is 1.07. The summed E-state index contributed by atoms with van der Waals surface area (Å²) in [6.45, 7) is 3.90. The van der Waals surface area contributed by atoms with Gasteiger partial charge in [0.2, 0.25) is 0 Å². The van der Waals surface area contributed by atoms with Gasteiger partial charge < -0.3 is 0 Å². The van der Waals surface area contributed by atoms with Crippen LogP contribution in [0.5, 0.6) is 0 Å². The SMILES string of the molecule is CC(C)=CC(=O)[C@H]1CCCC[C@@H]1Cl. The molecule has 0 spiro atoms. The number of carbonyl (C=O) groups is 1. The fourth-order valence-electron chi connectivity index (χ4n) is 1.80. The Bertz CT molecular complexity index is 216. The summed E-state index contributed by atoms with van der Waals surface area (Å²) < 4.78 is 0. The first-order valence-electron chi connectivity index (χ1n) is 4.94. The molecule has 1 saturated carbocycles. The van der Waals surface area contributed by atoms with Gasteiger partial charge >= 0.3 is 0 Å². The molecule has 0 radical (unpaired) electrons. The molecule has 0 aliphatic heterocycles. The van der Waals surface area contributed by atoms with Crippen molar-refractivity contribution in [3.8, 4) is 0 Å². The average Bonchev–Trinajstić information content (AvgIpc) is 2.03. The number of hydrogen-bond donors (Lipinski definition) is 0. The molecule has 1 aliphatic carbocycles. The molecular formula is C11H17ClO. The van der Waals surface area contributed by atoms with Crippen LogP contribution >= 0.6 is 11.6 Å². The standard InChI is InChI=1S/C11H17ClO/c1-8(2)7-11(13)9-5-3-4-6-10(9)12/h7,9-10H,3-6H2,1-2H3/t9-,10-/m0/s1. The molecule has 0 unspecified atom stereocenters. The third-order valence-corrected chi connectivity index (χ3v) is 3.00.